The minimum atomic E-state index is 0.739. The summed E-state index contributed by atoms with van der Waals surface area (Å²) in [6, 6.07) is 15.4. The zero-order valence-electron chi connectivity index (χ0n) is 9.79. The molecule has 0 bridgehead atoms. The molecule has 2 N–H and O–H groups in total. The van der Waals surface area contributed by atoms with Gasteiger partial charge in [0, 0.05) is 34.5 Å². The first-order valence-corrected chi connectivity index (χ1v) is 6.48. The normalized spacial score (nSPS) is 10.1. The lowest BCUT2D eigenvalue weighted by Crippen LogP contribution is -2.13. The molecule has 0 aliphatic carbocycles. The van der Waals surface area contributed by atoms with Crippen molar-refractivity contribution < 1.29 is 0 Å². The first kappa shape index (κ1) is 13.1. The maximum atomic E-state index is 5.90. The van der Waals surface area contributed by atoms with E-state index in [0.717, 1.165) is 34.5 Å². The van der Waals surface area contributed by atoms with Crippen molar-refractivity contribution in [3.63, 3.8) is 0 Å². The first-order chi connectivity index (χ1) is 8.74. The second kappa shape index (κ2) is 6.53. The highest BCUT2D eigenvalue weighted by atomic mass is 35.5. The summed E-state index contributed by atoms with van der Waals surface area (Å²) < 4.78 is 0. The average Bonchev–Trinajstić information content (AvgIpc) is 2.35. The minimum Gasteiger partial charge on any atom is -0.383 e. The van der Waals surface area contributed by atoms with Gasteiger partial charge in [0.15, 0.2) is 0 Å². The van der Waals surface area contributed by atoms with Crippen LogP contribution in [0.25, 0.3) is 0 Å². The van der Waals surface area contributed by atoms with Crippen molar-refractivity contribution in [2.24, 2.45) is 0 Å². The molecule has 2 nitrogen and oxygen atoms in total. The van der Waals surface area contributed by atoms with E-state index in [9.17, 15) is 0 Å². The average molecular weight is 281 g/mol. The lowest BCUT2D eigenvalue weighted by Gasteiger charge is -2.09. The second-order valence-corrected chi connectivity index (χ2v) is 4.75. The molecule has 0 saturated heterocycles. The summed E-state index contributed by atoms with van der Waals surface area (Å²) in [5, 5.41) is 8.06. The molecule has 2 aromatic carbocycles. The Bertz CT molecular complexity index is 467. The number of anilines is 2. The Hall–Kier alpha value is -1.38. The summed E-state index contributed by atoms with van der Waals surface area (Å²) >= 11 is 11.8. The Morgan fingerprint density at radius 2 is 1.17 bits per heavy atom. The van der Waals surface area contributed by atoms with E-state index in [0.29, 0.717) is 0 Å². The standard InChI is InChI=1S/C14H14Cl2N2/c15-11-3-1-5-13(9-11)17-7-8-18-14-6-2-4-12(16)10-14/h1-6,9-10,17-18H,7-8H2. The molecule has 0 aliphatic heterocycles. The molecule has 0 amide bonds. The zero-order chi connectivity index (χ0) is 12.8. The lowest BCUT2D eigenvalue weighted by atomic mass is 10.3. The quantitative estimate of drug-likeness (QED) is 0.787. The van der Waals surface area contributed by atoms with Gasteiger partial charge in [-0.15, -0.1) is 0 Å². The van der Waals surface area contributed by atoms with E-state index in [4.69, 9.17) is 23.2 Å². The van der Waals surface area contributed by atoms with E-state index in [1.54, 1.807) is 0 Å². The smallest absolute Gasteiger partial charge is 0.0426 e. The van der Waals surface area contributed by atoms with Gasteiger partial charge < -0.3 is 10.6 Å². The molecule has 0 atom stereocenters. The van der Waals surface area contributed by atoms with Crippen molar-refractivity contribution in [1.29, 1.82) is 0 Å². The van der Waals surface area contributed by atoms with Crippen LogP contribution >= 0.6 is 23.2 Å². The van der Waals surface area contributed by atoms with Crippen LogP contribution in [0.5, 0.6) is 0 Å². The summed E-state index contributed by atoms with van der Waals surface area (Å²) in [6.07, 6.45) is 0. The van der Waals surface area contributed by atoms with Crippen LogP contribution in [-0.2, 0) is 0 Å². The van der Waals surface area contributed by atoms with Crippen molar-refractivity contribution >= 4 is 34.6 Å². The zero-order valence-corrected chi connectivity index (χ0v) is 11.3. The molecule has 0 aliphatic rings. The van der Waals surface area contributed by atoms with Crippen LogP contribution in [0.3, 0.4) is 0 Å². The van der Waals surface area contributed by atoms with Crippen LogP contribution in [0.4, 0.5) is 11.4 Å². The molecular weight excluding hydrogens is 267 g/mol. The second-order valence-electron chi connectivity index (χ2n) is 3.87. The predicted octanol–water partition coefficient (Wildman–Crippen LogP) is 4.52. The summed E-state index contributed by atoms with van der Waals surface area (Å²) in [6.45, 7) is 1.62. The molecule has 2 rings (SSSR count). The molecule has 4 heteroatoms. The van der Waals surface area contributed by atoms with Crippen LogP contribution in [0.2, 0.25) is 10.0 Å². The predicted molar refractivity (Wildman–Crippen MR) is 79.9 cm³/mol. The van der Waals surface area contributed by atoms with Crippen molar-refractivity contribution in [3.8, 4) is 0 Å². The Balaban J connectivity index is 1.76. The molecular formula is C14H14Cl2N2. The van der Waals surface area contributed by atoms with Crippen molar-refractivity contribution in [2.75, 3.05) is 23.7 Å². The minimum absolute atomic E-state index is 0.739. The van der Waals surface area contributed by atoms with E-state index >= 15 is 0 Å². The maximum Gasteiger partial charge on any atom is 0.0426 e. The van der Waals surface area contributed by atoms with Gasteiger partial charge in [0.2, 0.25) is 0 Å². The van der Waals surface area contributed by atoms with Crippen molar-refractivity contribution in [1.82, 2.24) is 0 Å². The molecule has 0 unspecified atom stereocenters. The van der Waals surface area contributed by atoms with Gasteiger partial charge in [0.1, 0.15) is 0 Å². The fourth-order valence-electron chi connectivity index (χ4n) is 1.61. The molecule has 0 aromatic heterocycles. The fraction of sp³-hybridized carbons (Fsp3) is 0.143. The fourth-order valence-corrected chi connectivity index (χ4v) is 1.99. The van der Waals surface area contributed by atoms with E-state index in [1.165, 1.54) is 0 Å². The monoisotopic (exact) mass is 280 g/mol. The Morgan fingerprint density at radius 3 is 1.56 bits per heavy atom. The molecule has 94 valence electrons. The highest BCUT2D eigenvalue weighted by Crippen LogP contribution is 2.15. The van der Waals surface area contributed by atoms with Gasteiger partial charge in [-0.05, 0) is 36.4 Å². The number of nitrogens with one attached hydrogen (secondary N) is 2. The Kier molecular flexibility index (Phi) is 4.73. The number of hydrogen-bond donors (Lipinski definition) is 2. The van der Waals surface area contributed by atoms with E-state index in [-0.39, 0.29) is 0 Å². The molecule has 0 spiro atoms. The van der Waals surface area contributed by atoms with Crippen LogP contribution in [0, 0.1) is 0 Å². The van der Waals surface area contributed by atoms with Gasteiger partial charge >= 0.3 is 0 Å². The van der Waals surface area contributed by atoms with E-state index in [2.05, 4.69) is 10.6 Å². The van der Waals surface area contributed by atoms with Crippen molar-refractivity contribution in [2.45, 2.75) is 0 Å². The van der Waals surface area contributed by atoms with Crippen LogP contribution in [0.1, 0.15) is 0 Å². The summed E-state index contributed by atoms with van der Waals surface area (Å²) in [5.41, 5.74) is 2.05. The highest BCUT2D eigenvalue weighted by Gasteiger charge is 1.94. The summed E-state index contributed by atoms with van der Waals surface area (Å²) in [7, 11) is 0. The highest BCUT2D eigenvalue weighted by molar-refractivity contribution is 6.31. The van der Waals surface area contributed by atoms with Crippen LogP contribution in [-0.4, -0.2) is 13.1 Å². The van der Waals surface area contributed by atoms with Crippen LogP contribution < -0.4 is 10.6 Å². The van der Waals surface area contributed by atoms with Gasteiger partial charge in [-0.25, -0.2) is 0 Å². The molecule has 0 saturated carbocycles. The number of benzene rings is 2. The molecule has 18 heavy (non-hydrogen) atoms. The van der Waals surface area contributed by atoms with Gasteiger partial charge in [-0.3, -0.25) is 0 Å². The molecule has 2 aromatic rings. The topological polar surface area (TPSA) is 24.1 Å². The van der Waals surface area contributed by atoms with Gasteiger partial charge in [0.05, 0.1) is 0 Å². The number of hydrogen-bond acceptors (Lipinski definition) is 2. The van der Waals surface area contributed by atoms with Crippen molar-refractivity contribution in [3.05, 3.63) is 58.6 Å². The maximum absolute atomic E-state index is 5.90. The third-order valence-corrected chi connectivity index (χ3v) is 2.90. The third-order valence-electron chi connectivity index (χ3n) is 2.43. The number of halogens is 2. The van der Waals surface area contributed by atoms with Crippen LogP contribution in [0.15, 0.2) is 48.5 Å². The van der Waals surface area contributed by atoms with Gasteiger partial charge in [-0.2, -0.15) is 0 Å². The Labute approximate surface area is 117 Å². The third kappa shape index (κ3) is 4.13. The molecule has 0 fully saturated rings. The molecule has 0 radical (unpaired) electrons. The van der Waals surface area contributed by atoms with Gasteiger partial charge in [-0.1, -0.05) is 35.3 Å². The Morgan fingerprint density at radius 1 is 0.722 bits per heavy atom. The van der Waals surface area contributed by atoms with E-state index in [1.807, 2.05) is 48.5 Å². The SMILES string of the molecule is Clc1cccc(NCCNc2cccc(Cl)c2)c1. The summed E-state index contributed by atoms with van der Waals surface area (Å²) in [4.78, 5) is 0. The van der Waals surface area contributed by atoms with E-state index < -0.39 is 0 Å². The summed E-state index contributed by atoms with van der Waals surface area (Å²) in [5.74, 6) is 0. The first-order valence-electron chi connectivity index (χ1n) is 5.73. The van der Waals surface area contributed by atoms with Gasteiger partial charge in [0.25, 0.3) is 0 Å². The largest absolute Gasteiger partial charge is 0.383 e. The lowest BCUT2D eigenvalue weighted by molar-refractivity contribution is 1.08. The number of rotatable bonds is 5. The molecule has 0 heterocycles.